The van der Waals surface area contributed by atoms with Crippen LogP contribution in [0.5, 0.6) is 0 Å². The molecule has 0 bridgehead atoms. The molecule has 56 heavy (non-hydrogen) atoms. The van der Waals surface area contributed by atoms with E-state index in [1.54, 1.807) is 16.2 Å². The second-order valence-electron chi connectivity index (χ2n) is 20.6. The predicted molar refractivity (Wildman–Crippen MR) is 244 cm³/mol. The largest absolute Gasteiger partial charge is 0.335 e. The van der Waals surface area contributed by atoms with Crippen molar-refractivity contribution in [1.82, 2.24) is 0 Å². The Morgan fingerprint density at radius 1 is 0.536 bits per heavy atom. The SMILES string of the molecule is Cc1ccc(N2c3ccc(C)cc3B3c4cc([Si](C)(C)C)cc5c4N(c4cc(N6c7ccccc7C7(C)CCCCC67C)cc2c43)C2(C)CCCCC52C)cc1. The Morgan fingerprint density at radius 2 is 1.16 bits per heavy atom. The fraction of sp³-hybridized carbons (Fsp3) is 0.412. The molecule has 11 rings (SSSR count). The molecule has 0 spiro atoms. The van der Waals surface area contributed by atoms with Gasteiger partial charge in [0.15, 0.2) is 0 Å². The molecule has 5 heteroatoms. The van der Waals surface area contributed by atoms with Gasteiger partial charge in [0, 0.05) is 50.6 Å². The molecule has 0 aromatic heterocycles. The van der Waals surface area contributed by atoms with Gasteiger partial charge in [0.1, 0.15) is 0 Å². The van der Waals surface area contributed by atoms with E-state index in [2.05, 4.69) is 167 Å². The summed E-state index contributed by atoms with van der Waals surface area (Å²) in [6.07, 6.45) is 10.0. The molecular weight excluding hydrogens is 693 g/mol. The van der Waals surface area contributed by atoms with Gasteiger partial charge in [-0.3, -0.25) is 0 Å². The molecule has 4 heterocycles. The van der Waals surface area contributed by atoms with E-state index >= 15 is 0 Å². The molecule has 0 N–H and O–H groups in total. The van der Waals surface area contributed by atoms with E-state index in [0.717, 1.165) is 0 Å². The summed E-state index contributed by atoms with van der Waals surface area (Å²) in [4.78, 5) is 8.42. The first-order valence-electron chi connectivity index (χ1n) is 21.7. The second kappa shape index (κ2) is 11.2. The van der Waals surface area contributed by atoms with Crippen LogP contribution in [0.1, 0.15) is 101 Å². The number of hydrogen-bond donors (Lipinski definition) is 0. The van der Waals surface area contributed by atoms with Crippen molar-refractivity contribution in [1.29, 1.82) is 0 Å². The van der Waals surface area contributed by atoms with Crippen LogP contribution in [0.25, 0.3) is 0 Å². The summed E-state index contributed by atoms with van der Waals surface area (Å²) in [6.45, 7) is 22.8. The summed E-state index contributed by atoms with van der Waals surface area (Å²) in [7, 11) is -1.67. The van der Waals surface area contributed by atoms with Crippen LogP contribution < -0.4 is 36.3 Å². The van der Waals surface area contributed by atoms with Gasteiger partial charge in [-0.2, -0.15) is 0 Å². The summed E-state index contributed by atoms with van der Waals surface area (Å²) in [5.74, 6) is 0. The number of benzene rings is 5. The Hall–Kier alpha value is -4.22. The van der Waals surface area contributed by atoms with E-state index in [1.165, 1.54) is 119 Å². The highest BCUT2D eigenvalue weighted by atomic mass is 28.3. The highest BCUT2D eigenvalue weighted by molar-refractivity contribution is 7.01. The van der Waals surface area contributed by atoms with Crippen molar-refractivity contribution in [3.63, 3.8) is 0 Å². The van der Waals surface area contributed by atoms with Gasteiger partial charge < -0.3 is 14.7 Å². The van der Waals surface area contributed by atoms with E-state index < -0.39 is 8.07 Å². The number of para-hydroxylation sites is 1. The zero-order valence-electron chi connectivity index (χ0n) is 35.2. The van der Waals surface area contributed by atoms with Gasteiger partial charge in [-0.25, -0.2) is 0 Å². The Bertz CT molecular complexity index is 2500. The molecule has 4 aliphatic heterocycles. The minimum atomic E-state index is -1.67. The summed E-state index contributed by atoms with van der Waals surface area (Å²) in [5.41, 5.74) is 20.0. The average molecular weight is 752 g/mol. The lowest BCUT2D eigenvalue weighted by atomic mass is 9.33. The number of rotatable bonds is 3. The minimum absolute atomic E-state index is 0.0219. The molecule has 0 amide bonds. The van der Waals surface area contributed by atoms with Gasteiger partial charge in [0.2, 0.25) is 0 Å². The number of hydrogen-bond acceptors (Lipinski definition) is 3. The van der Waals surface area contributed by atoms with Crippen molar-refractivity contribution < 1.29 is 0 Å². The predicted octanol–water partition coefficient (Wildman–Crippen LogP) is 10.9. The zero-order chi connectivity index (χ0) is 38.7. The highest BCUT2D eigenvalue weighted by Crippen LogP contribution is 2.64. The molecule has 5 aromatic rings. The van der Waals surface area contributed by atoms with E-state index in [9.17, 15) is 0 Å². The Balaban J connectivity index is 1.28. The van der Waals surface area contributed by atoms with Gasteiger partial charge in [0.25, 0.3) is 6.71 Å². The first-order valence-corrected chi connectivity index (χ1v) is 25.2. The maximum Gasteiger partial charge on any atom is 0.252 e. The maximum atomic E-state index is 2.95. The third kappa shape index (κ3) is 4.21. The molecule has 4 atom stereocenters. The molecule has 0 radical (unpaired) electrons. The Labute approximate surface area is 337 Å². The van der Waals surface area contributed by atoms with Gasteiger partial charge in [-0.1, -0.05) is 130 Å². The average Bonchev–Trinajstić information content (AvgIpc) is 3.52. The fourth-order valence-corrected chi connectivity index (χ4v) is 14.2. The third-order valence-electron chi connectivity index (χ3n) is 16.6. The van der Waals surface area contributed by atoms with E-state index in [-0.39, 0.29) is 28.6 Å². The van der Waals surface area contributed by atoms with Gasteiger partial charge in [0.05, 0.1) is 19.2 Å². The lowest BCUT2D eigenvalue weighted by molar-refractivity contribution is 0.194. The molecule has 0 saturated heterocycles. The van der Waals surface area contributed by atoms with E-state index in [0.29, 0.717) is 0 Å². The van der Waals surface area contributed by atoms with Crippen molar-refractivity contribution >= 4 is 76.2 Å². The monoisotopic (exact) mass is 751 g/mol. The highest BCUT2D eigenvalue weighted by Gasteiger charge is 2.63. The van der Waals surface area contributed by atoms with Gasteiger partial charge in [-0.05, 0) is 117 Å². The normalized spacial score (nSPS) is 28.0. The smallest absolute Gasteiger partial charge is 0.252 e. The zero-order valence-corrected chi connectivity index (χ0v) is 36.2. The van der Waals surface area contributed by atoms with Crippen molar-refractivity contribution in [2.45, 2.75) is 134 Å². The van der Waals surface area contributed by atoms with Crippen LogP contribution >= 0.6 is 0 Å². The lowest BCUT2D eigenvalue weighted by Gasteiger charge is -2.53. The van der Waals surface area contributed by atoms with E-state index in [4.69, 9.17) is 0 Å². The van der Waals surface area contributed by atoms with Crippen molar-refractivity contribution in [2.75, 3.05) is 14.7 Å². The van der Waals surface area contributed by atoms with Crippen molar-refractivity contribution in [3.05, 3.63) is 113 Å². The van der Waals surface area contributed by atoms with Gasteiger partial charge in [-0.15, -0.1) is 0 Å². The molecule has 2 fully saturated rings. The van der Waals surface area contributed by atoms with Crippen LogP contribution in [-0.4, -0.2) is 25.9 Å². The lowest BCUT2D eigenvalue weighted by Crippen LogP contribution is -2.65. The van der Waals surface area contributed by atoms with Crippen LogP contribution in [-0.2, 0) is 10.8 Å². The number of nitrogens with zero attached hydrogens (tertiary/aromatic N) is 3. The molecule has 2 aliphatic carbocycles. The topological polar surface area (TPSA) is 9.72 Å². The summed E-state index contributed by atoms with van der Waals surface area (Å²) in [6, 6.07) is 36.8. The molecular formula is C51H58BN3Si. The molecule has 3 nitrogen and oxygen atoms in total. The Morgan fingerprint density at radius 3 is 1.88 bits per heavy atom. The quantitative estimate of drug-likeness (QED) is 0.167. The summed E-state index contributed by atoms with van der Waals surface area (Å²) in [5, 5.41) is 1.61. The van der Waals surface area contributed by atoms with Crippen LogP contribution in [0, 0.1) is 13.8 Å². The van der Waals surface area contributed by atoms with Crippen molar-refractivity contribution in [3.8, 4) is 0 Å². The number of fused-ring (bicyclic) bond motifs is 10. The molecule has 5 aromatic carbocycles. The summed E-state index contributed by atoms with van der Waals surface area (Å²) >= 11 is 0. The summed E-state index contributed by atoms with van der Waals surface area (Å²) < 4.78 is 0. The minimum Gasteiger partial charge on any atom is -0.335 e. The van der Waals surface area contributed by atoms with Gasteiger partial charge >= 0.3 is 0 Å². The molecule has 4 unspecified atom stereocenters. The van der Waals surface area contributed by atoms with Crippen LogP contribution in [0.4, 0.5) is 39.8 Å². The van der Waals surface area contributed by atoms with Crippen LogP contribution in [0.15, 0.2) is 91.0 Å². The second-order valence-corrected chi connectivity index (χ2v) is 25.7. The number of anilines is 7. The van der Waals surface area contributed by atoms with E-state index in [1.807, 2.05) is 0 Å². The van der Waals surface area contributed by atoms with Crippen LogP contribution in [0.2, 0.25) is 19.6 Å². The molecule has 284 valence electrons. The molecule has 2 saturated carbocycles. The van der Waals surface area contributed by atoms with Crippen LogP contribution in [0.3, 0.4) is 0 Å². The standard InChI is InChI=1S/C51H58BN3Si/c1-33-18-21-35(22-19-33)53-43-23-20-34(2)28-40(43)52-41-32-37(56(7,8)9)31-39-47(41)55(51(6)27-15-13-25-49(39,51)4)45-30-36(29-44(53)46(45)52)54-42-17-11-10-16-38(42)48(3)24-12-14-26-50(48,54)5/h10-11,16-23,28-32H,12-15,24-27H2,1-9H3. The first-order chi connectivity index (χ1) is 26.7. The maximum absolute atomic E-state index is 2.95. The third-order valence-corrected chi connectivity index (χ3v) is 18.6. The molecule has 6 aliphatic rings. The Kier molecular flexibility index (Phi) is 7.03. The van der Waals surface area contributed by atoms with Crippen molar-refractivity contribution in [2.24, 2.45) is 0 Å². The first kappa shape index (κ1) is 35.0. The number of aryl methyl sites for hydroxylation is 2. The fourth-order valence-electron chi connectivity index (χ4n) is 13.1.